The molecule has 0 spiro atoms. The van der Waals surface area contributed by atoms with E-state index in [-0.39, 0.29) is 12.7 Å². The largest absolute Gasteiger partial charge is 0.515 e. The fraction of sp³-hybridized carbons (Fsp3) is 0.276. The van der Waals surface area contributed by atoms with Gasteiger partial charge in [-0.2, -0.15) is 8.75 Å². The van der Waals surface area contributed by atoms with E-state index in [2.05, 4.69) is 8.75 Å². The smallest absolute Gasteiger partial charge is 0.497 e. The Hall–Kier alpha value is -4.31. The molecule has 2 aromatic heterocycles. The van der Waals surface area contributed by atoms with Gasteiger partial charge in [0.05, 0.1) is 56.3 Å². The van der Waals surface area contributed by atoms with Crippen molar-refractivity contribution < 1.29 is 28.5 Å². The van der Waals surface area contributed by atoms with Gasteiger partial charge in [0.15, 0.2) is 11.5 Å². The summed E-state index contributed by atoms with van der Waals surface area (Å²) in [5.41, 5.74) is 4.84. The van der Waals surface area contributed by atoms with Crippen LogP contribution >= 0.6 is 11.7 Å². The zero-order valence-electron chi connectivity index (χ0n) is 22.4. The lowest BCUT2D eigenvalue weighted by atomic mass is 10.0. The van der Waals surface area contributed by atoms with Gasteiger partial charge in [-0.3, -0.25) is 0 Å². The molecule has 5 aromatic rings. The third kappa shape index (κ3) is 5.33. The Morgan fingerprint density at radius 1 is 0.949 bits per heavy atom. The van der Waals surface area contributed by atoms with E-state index >= 15 is 0 Å². The van der Waals surface area contributed by atoms with Gasteiger partial charge in [0.1, 0.15) is 16.8 Å². The summed E-state index contributed by atoms with van der Waals surface area (Å²) in [6.07, 6.45) is -0.866. The fourth-order valence-electron chi connectivity index (χ4n) is 4.46. The van der Waals surface area contributed by atoms with E-state index in [0.29, 0.717) is 29.5 Å². The SMILES string of the molecule is CCOC(=O)Oc1c(-c2ccc3nsnc3c2)c2cc(OC)c(OC(C)C)cc2n1Cc1ccc(OC)cc1. The van der Waals surface area contributed by atoms with Crippen LogP contribution in [0.3, 0.4) is 0 Å². The molecule has 0 aliphatic heterocycles. The van der Waals surface area contributed by atoms with E-state index in [1.54, 1.807) is 21.1 Å². The number of nitrogens with zero attached hydrogens (tertiary/aromatic N) is 3. The van der Waals surface area contributed by atoms with Crippen LogP contribution in [0.15, 0.2) is 54.6 Å². The van der Waals surface area contributed by atoms with E-state index in [1.165, 1.54) is 0 Å². The van der Waals surface area contributed by atoms with E-state index in [0.717, 1.165) is 50.5 Å². The third-order valence-corrected chi connectivity index (χ3v) is 6.70. The monoisotopic (exact) mass is 547 g/mol. The van der Waals surface area contributed by atoms with Crippen molar-refractivity contribution >= 4 is 39.8 Å². The third-order valence-electron chi connectivity index (χ3n) is 6.15. The molecule has 202 valence electrons. The van der Waals surface area contributed by atoms with Crippen LogP contribution < -0.4 is 18.9 Å². The first-order chi connectivity index (χ1) is 18.9. The molecule has 0 unspecified atom stereocenters. The summed E-state index contributed by atoms with van der Waals surface area (Å²) in [4.78, 5) is 12.7. The van der Waals surface area contributed by atoms with Crippen LogP contribution in [-0.2, 0) is 11.3 Å². The summed E-state index contributed by atoms with van der Waals surface area (Å²) in [5.74, 6) is 2.24. The first-order valence-electron chi connectivity index (χ1n) is 12.5. The van der Waals surface area contributed by atoms with Crippen molar-refractivity contribution in [3.63, 3.8) is 0 Å². The van der Waals surface area contributed by atoms with Crippen LogP contribution in [0.1, 0.15) is 26.3 Å². The lowest BCUT2D eigenvalue weighted by Gasteiger charge is -2.15. The predicted molar refractivity (Wildman–Crippen MR) is 150 cm³/mol. The highest BCUT2D eigenvalue weighted by Crippen LogP contribution is 2.45. The van der Waals surface area contributed by atoms with Gasteiger partial charge in [-0.25, -0.2) is 4.79 Å². The predicted octanol–water partition coefficient (Wildman–Crippen LogP) is 6.70. The van der Waals surface area contributed by atoms with Gasteiger partial charge in [-0.1, -0.05) is 18.2 Å². The normalized spacial score (nSPS) is 11.2. The summed E-state index contributed by atoms with van der Waals surface area (Å²) in [7, 11) is 3.23. The molecule has 0 amide bonds. The molecule has 10 heteroatoms. The van der Waals surface area contributed by atoms with Crippen LogP contribution in [0.4, 0.5) is 4.79 Å². The summed E-state index contributed by atoms with van der Waals surface area (Å²) < 4.78 is 38.9. The number of ether oxygens (including phenoxy) is 5. The van der Waals surface area contributed by atoms with Crippen molar-refractivity contribution in [3.05, 3.63) is 60.2 Å². The first kappa shape index (κ1) is 26.3. The minimum atomic E-state index is -0.792. The van der Waals surface area contributed by atoms with Crippen LogP contribution in [0.2, 0.25) is 0 Å². The molecule has 0 aliphatic rings. The zero-order chi connectivity index (χ0) is 27.5. The second-order valence-corrected chi connectivity index (χ2v) is 9.58. The van der Waals surface area contributed by atoms with Gasteiger partial charge in [0, 0.05) is 11.5 Å². The van der Waals surface area contributed by atoms with Crippen molar-refractivity contribution in [2.24, 2.45) is 0 Å². The maximum absolute atomic E-state index is 12.7. The van der Waals surface area contributed by atoms with E-state index in [4.69, 9.17) is 23.7 Å². The number of aromatic nitrogens is 3. The number of rotatable bonds is 9. The van der Waals surface area contributed by atoms with Crippen molar-refractivity contribution in [1.29, 1.82) is 0 Å². The van der Waals surface area contributed by atoms with Crippen LogP contribution in [0.25, 0.3) is 33.1 Å². The molecule has 0 atom stereocenters. The van der Waals surface area contributed by atoms with E-state index < -0.39 is 6.16 Å². The molecule has 0 aliphatic carbocycles. The van der Waals surface area contributed by atoms with Gasteiger partial charge in [0.2, 0.25) is 5.88 Å². The molecule has 0 N–H and O–H groups in total. The number of hydrogen-bond donors (Lipinski definition) is 0. The van der Waals surface area contributed by atoms with Gasteiger partial charge >= 0.3 is 6.16 Å². The number of benzene rings is 3. The van der Waals surface area contributed by atoms with Gasteiger partial charge in [0.25, 0.3) is 0 Å². The highest BCUT2D eigenvalue weighted by Gasteiger charge is 2.26. The molecule has 0 fully saturated rings. The maximum Gasteiger partial charge on any atom is 0.515 e. The Kier molecular flexibility index (Phi) is 7.56. The average molecular weight is 548 g/mol. The minimum Gasteiger partial charge on any atom is -0.497 e. The molecule has 2 heterocycles. The quantitative estimate of drug-likeness (QED) is 0.188. The number of carbonyl (C=O) groups is 1. The zero-order valence-corrected chi connectivity index (χ0v) is 23.2. The molecular formula is C29H29N3O6S. The van der Waals surface area contributed by atoms with Crippen LogP contribution in [0, 0.1) is 0 Å². The standard InChI is InChI=1S/C29H29N3O6S/c1-6-36-29(33)38-28-27(19-9-12-22-23(13-19)31-39-30-22)21-14-25(35-5)26(37-17(2)3)15-24(21)32(28)16-18-7-10-20(34-4)11-8-18/h7-15,17H,6,16H2,1-5H3. The van der Waals surface area contributed by atoms with Gasteiger partial charge in [-0.15, -0.1) is 0 Å². The molecule has 0 saturated carbocycles. The number of carbonyl (C=O) groups excluding carboxylic acids is 1. The molecular weight excluding hydrogens is 518 g/mol. The molecule has 5 rings (SSSR count). The minimum absolute atomic E-state index is 0.0735. The maximum atomic E-state index is 12.7. The Morgan fingerprint density at radius 2 is 1.72 bits per heavy atom. The van der Waals surface area contributed by atoms with Crippen LogP contribution in [0.5, 0.6) is 23.1 Å². The molecule has 39 heavy (non-hydrogen) atoms. The Balaban J connectivity index is 1.80. The van der Waals surface area contributed by atoms with Crippen molar-refractivity contribution in [2.75, 3.05) is 20.8 Å². The molecule has 0 bridgehead atoms. The lowest BCUT2D eigenvalue weighted by molar-refractivity contribution is 0.101. The number of fused-ring (bicyclic) bond motifs is 2. The van der Waals surface area contributed by atoms with E-state index in [9.17, 15) is 4.79 Å². The number of hydrogen-bond acceptors (Lipinski definition) is 9. The second-order valence-electron chi connectivity index (χ2n) is 9.05. The second kappa shape index (κ2) is 11.2. The summed E-state index contributed by atoms with van der Waals surface area (Å²) in [5, 5.41) is 0.818. The van der Waals surface area contributed by atoms with Crippen molar-refractivity contribution in [3.8, 4) is 34.3 Å². The first-order valence-corrected chi connectivity index (χ1v) is 13.3. The number of methoxy groups -OCH3 is 2. The molecule has 0 saturated heterocycles. The van der Waals surface area contributed by atoms with Crippen molar-refractivity contribution in [1.82, 2.24) is 13.3 Å². The van der Waals surface area contributed by atoms with Crippen molar-refractivity contribution in [2.45, 2.75) is 33.4 Å². The topological polar surface area (TPSA) is 93.9 Å². The summed E-state index contributed by atoms with van der Waals surface area (Å²) in [6.45, 7) is 6.24. The average Bonchev–Trinajstić information content (AvgIpc) is 3.50. The molecule has 9 nitrogen and oxygen atoms in total. The Labute approximate surface area is 230 Å². The Morgan fingerprint density at radius 3 is 2.41 bits per heavy atom. The summed E-state index contributed by atoms with van der Waals surface area (Å²) >= 11 is 1.15. The highest BCUT2D eigenvalue weighted by molar-refractivity contribution is 7.00. The summed E-state index contributed by atoms with van der Waals surface area (Å²) in [6, 6.07) is 17.4. The van der Waals surface area contributed by atoms with Gasteiger partial charge < -0.3 is 28.3 Å². The molecule has 3 aromatic carbocycles. The van der Waals surface area contributed by atoms with E-state index in [1.807, 2.05) is 73.0 Å². The highest BCUT2D eigenvalue weighted by atomic mass is 32.1. The van der Waals surface area contributed by atoms with Crippen LogP contribution in [-0.4, -0.2) is 46.4 Å². The molecule has 0 radical (unpaired) electrons. The fourth-order valence-corrected chi connectivity index (χ4v) is 4.97. The lowest BCUT2D eigenvalue weighted by Crippen LogP contribution is -2.14. The Bertz CT molecular complexity index is 1620. The van der Waals surface area contributed by atoms with Gasteiger partial charge in [-0.05, 0) is 62.2 Å².